The lowest BCUT2D eigenvalue weighted by molar-refractivity contribution is 0.407. The Balaban J connectivity index is 1.24. The van der Waals surface area contributed by atoms with Crippen LogP contribution in [0, 0.1) is 11.8 Å². The van der Waals surface area contributed by atoms with E-state index in [1.54, 1.807) is 0 Å². The van der Waals surface area contributed by atoms with Crippen LogP contribution < -0.4 is 0 Å². The van der Waals surface area contributed by atoms with Gasteiger partial charge in [-0.05, 0) is 89.5 Å². The molecular formula is C46H43N3. The summed E-state index contributed by atoms with van der Waals surface area (Å²) in [5, 5.41) is 1.28. The average molecular weight is 638 g/mol. The quantitative estimate of drug-likeness (QED) is 0.197. The van der Waals surface area contributed by atoms with Gasteiger partial charge < -0.3 is 0 Å². The van der Waals surface area contributed by atoms with Gasteiger partial charge in [0.05, 0.1) is 16.9 Å². The summed E-state index contributed by atoms with van der Waals surface area (Å²) in [6, 6.07) is 26.8. The molecule has 2 aromatic heterocycles. The number of benzene rings is 3. The monoisotopic (exact) mass is 637 g/mol. The van der Waals surface area contributed by atoms with Crippen LogP contribution in [-0.4, -0.2) is 14.5 Å². The summed E-state index contributed by atoms with van der Waals surface area (Å²) in [5.74, 6) is 1.76. The molecule has 0 saturated heterocycles. The van der Waals surface area contributed by atoms with Crippen molar-refractivity contribution in [3.05, 3.63) is 161 Å². The summed E-state index contributed by atoms with van der Waals surface area (Å²) in [6.07, 6.45) is 26.2. The Hall–Kier alpha value is -5.02. The lowest BCUT2D eigenvalue weighted by Gasteiger charge is -2.33. The van der Waals surface area contributed by atoms with E-state index >= 15 is 0 Å². The van der Waals surface area contributed by atoms with Gasteiger partial charge >= 0.3 is 0 Å². The third kappa shape index (κ3) is 5.01. The Morgan fingerprint density at radius 3 is 2.51 bits per heavy atom. The number of para-hydroxylation sites is 1. The van der Waals surface area contributed by atoms with Crippen LogP contribution >= 0.6 is 0 Å². The molecule has 0 amide bonds. The highest BCUT2D eigenvalue weighted by Gasteiger charge is 2.33. The Labute approximate surface area is 290 Å². The molecule has 2 heterocycles. The minimum Gasteiger partial charge on any atom is -0.278 e. The van der Waals surface area contributed by atoms with Gasteiger partial charge in [0.2, 0.25) is 5.95 Å². The Bertz CT molecular complexity index is 2250. The van der Waals surface area contributed by atoms with Crippen molar-refractivity contribution in [2.24, 2.45) is 11.8 Å². The van der Waals surface area contributed by atoms with Crippen molar-refractivity contribution in [1.29, 1.82) is 0 Å². The summed E-state index contributed by atoms with van der Waals surface area (Å²) in [4.78, 5) is 11.0. The molecule has 3 unspecified atom stereocenters. The van der Waals surface area contributed by atoms with E-state index in [9.17, 15) is 0 Å². The van der Waals surface area contributed by atoms with Crippen LogP contribution in [-0.2, 0) is 24.7 Å². The molecule has 3 aromatic carbocycles. The fraction of sp³-hybridized carbons (Fsp3) is 0.261. The van der Waals surface area contributed by atoms with Gasteiger partial charge in [-0.15, -0.1) is 0 Å². The molecule has 0 N–H and O–H groups in total. The molecule has 4 aliphatic carbocycles. The van der Waals surface area contributed by atoms with Gasteiger partial charge in [0, 0.05) is 34.0 Å². The minimum absolute atomic E-state index is 0.0125. The molecule has 49 heavy (non-hydrogen) atoms. The van der Waals surface area contributed by atoms with Crippen LogP contribution in [0.5, 0.6) is 0 Å². The van der Waals surface area contributed by atoms with Gasteiger partial charge in [-0.3, -0.25) is 4.57 Å². The molecule has 242 valence electrons. The van der Waals surface area contributed by atoms with E-state index in [1.807, 2.05) is 0 Å². The highest BCUT2D eigenvalue weighted by Crippen LogP contribution is 2.46. The standard InChI is InChI=1S/C46H43N3/c1-30-14-6-4-9-17-33-23-25-35(29-39(33)46(30,2)3)44-36-18-10-12-20-40(36)47-45(48-44)49-41-21-13-11-19-37(41)43-38-28-34(31-15-7-5-8-16-31)24-22-32(38)26-27-42(43)49/h4-9,11,13-16,19,21-30,32,38H,10,12,17-18,20H2,1-3H3/b9-4-,14-6-. The molecule has 3 heteroatoms. The molecular weight excluding hydrogens is 595 g/mol. The van der Waals surface area contributed by atoms with Crippen LogP contribution in [0.25, 0.3) is 39.8 Å². The van der Waals surface area contributed by atoms with Crippen molar-refractivity contribution in [2.45, 2.75) is 64.2 Å². The molecule has 0 bridgehead atoms. The third-order valence-corrected chi connectivity index (χ3v) is 11.7. The van der Waals surface area contributed by atoms with Gasteiger partial charge in [-0.1, -0.05) is 130 Å². The normalized spacial score (nSPS) is 23.2. The molecule has 0 saturated carbocycles. The van der Waals surface area contributed by atoms with Crippen LogP contribution in [0.15, 0.2) is 121 Å². The molecule has 0 radical (unpaired) electrons. The van der Waals surface area contributed by atoms with Crippen molar-refractivity contribution >= 4 is 22.6 Å². The molecule has 0 spiro atoms. The first-order valence-corrected chi connectivity index (χ1v) is 18.1. The fourth-order valence-corrected chi connectivity index (χ4v) is 8.61. The smallest absolute Gasteiger partial charge is 0.235 e. The van der Waals surface area contributed by atoms with Crippen LogP contribution in [0.4, 0.5) is 0 Å². The summed E-state index contributed by atoms with van der Waals surface area (Å²) in [5.41, 5.74) is 14.0. The molecule has 3 nitrogen and oxygen atoms in total. The summed E-state index contributed by atoms with van der Waals surface area (Å²) >= 11 is 0. The number of allylic oxidation sites excluding steroid dienone is 9. The largest absolute Gasteiger partial charge is 0.278 e. The van der Waals surface area contributed by atoms with Gasteiger partial charge in [0.1, 0.15) is 0 Å². The lowest BCUT2D eigenvalue weighted by Crippen LogP contribution is -2.26. The third-order valence-electron chi connectivity index (χ3n) is 11.7. The molecule has 5 aromatic rings. The number of rotatable bonds is 3. The van der Waals surface area contributed by atoms with Gasteiger partial charge in [0.15, 0.2) is 0 Å². The maximum atomic E-state index is 5.56. The van der Waals surface area contributed by atoms with Crippen molar-refractivity contribution in [1.82, 2.24) is 14.5 Å². The zero-order chi connectivity index (χ0) is 33.1. The van der Waals surface area contributed by atoms with Crippen molar-refractivity contribution in [2.75, 3.05) is 0 Å². The second kappa shape index (κ2) is 11.8. The second-order valence-corrected chi connectivity index (χ2v) is 14.9. The van der Waals surface area contributed by atoms with Crippen LogP contribution in [0.1, 0.15) is 78.7 Å². The Kier molecular flexibility index (Phi) is 7.27. The van der Waals surface area contributed by atoms with E-state index in [0.29, 0.717) is 11.8 Å². The van der Waals surface area contributed by atoms with E-state index in [4.69, 9.17) is 9.97 Å². The Morgan fingerprint density at radius 1 is 0.796 bits per heavy atom. The maximum Gasteiger partial charge on any atom is 0.235 e. The number of fused-ring (bicyclic) bond motifs is 7. The summed E-state index contributed by atoms with van der Waals surface area (Å²) in [6.45, 7) is 7.13. The first-order valence-electron chi connectivity index (χ1n) is 18.1. The molecule has 4 aliphatic rings. The first kappa shape index (κ1) is 30.1. The van der Waals surface area contributed by atoms with E-state index in [-0.39, 0.29) is 11.3 Å². The van der Waals surface area contributed by atoms with Crippen molar-refractivity contribution in [3.8, 4) is 17.2 Å². The number of aryl methyl sites for hydroxylation is 1. The average Bonchev–Trinajstić information content (AvgIpc) is 3.50. The Morgan fingerprint density at radius 2 is 1.61 bits per heavy atom. The van der Waals surface area contributed by atoms with Gasteiger partial charge in [0.25, 0.3) is 0 Å². The van der Waals surface area contributed by atoms with Crippen LogP contribution in [0.2, 0.25) is 0 Å². The van der Waals surface area contributed by atoms with Gasteiger partial charge in [-0.25, -0.2) is 9.97 Å². The predicted octanol–water partition coefficient (Wildman–Crippen LogP) is 10.9. The van der Waals surface area contributed by atoms with E-state index in [1.165, 1.54) is 74.1 Å². The highest BCUT2D eigenvalue weighted by atomic mass is 15.2. The molecule has 3 atom stereocenters. The number of hydrogen-bond donors (Lipinski definition) is 0. The number of aromatic nitrogens is 3. The molecule has 0 fully saturated rings. The first-order chi connectivity index (χ1) is 24.0. The summed E-state index contributed by atoms with van der Waals surface area (Å²) < 4.78 is 2.35. The molecule has 0 aliphatic heterocycles. The lowest BCUT2D eigenvalue weighted by atomic mass is 9.71. The van der Waals surface area contributed by atoms with E-state index in [2.05, 4.69) is 153 Å². The molecule has 9 rings (SSSR count). The highest BCUT2D eigenvalue weighted by molar-refractivity contribution is 5.92. The SMILES string of the molecule is CC1/C=C\C=C/Cc2ccc(-c3nc(-n4c5c(c6ccccc64)C4C=C(c6ccccc6)C=CC4C=C5)nc4c3CCCC4)cc2C1(C)C. The van der Waals surface area contributed by atoms with E-state index in [0.717, 1.165) is 30.9 Å². The van der Waals surface area contributed by atoms with E-state index < -0.39 is 0 Å². The maximum absolute atomic E-state index is 5.56. The van der Waals surface area contributed by atoms with Crippen molar-refractivity contribution < 1.29 is 0 Å². The van der Waals surface area contributed by atoms with Crippen LogP contribution in [0.3, 0.4) is 0 Å². The zero-order valence-corrected chi connectivity index (χ0v) is 28.7. The topological polar surface area (TPSA) is 30.7 Å². The summed E-state index contributed by atoms with van der Waals surface area (Å²) in [7, 11) is 0. The minimum atomic E-state index is -0.0125. The second-order valence-electron chi connectivity index (χ2n) is 14.9. The zero-order valence-electron chi connectivity index (χ0n) is 28.7. The van der Waals surface area contributed by atoms with Gasteiger partial charge in [-0.2, -0.15) is 0 Å². The number of hydrogen-bond acceptors (Lipinski definition) is 2. The number of nitrogens with zero attached hydrogens (tertiary/aromatic N) is 3. The van der Waals surface area contributed by atoms with Crippen molar-refractivity contribution in [3.63, 3.8) is 0 Å². The predicted molar refractivity (Wildman–Crippen MR) is 204 cm³/mol. The fourth-order valence-electron chi connectivity index (χ4n) is 8.61.